The minimum atomic E-state index is -0.0378. The van der Waals surface area contributed by atoms with Gasteiger partial charge in [-0.05, 0) is 57.7 Å². The lowest BCUT2D eigenvalue weighted by atomic mass is 10.0. The van der Waals surface area contributed by atoms with E-state index in [1.807, 2.05) is 30.5 Å². The van der Waals surface area contributed by atoms with Gasteiger partial charge in [0, 0.05) is 26.4 Å². The molecule has 0 amide bonds. The van der Waals surface area contributed by atoms with Crippen molar-refractivity contribution in [3.63, 3.8) is 0 Å². The molecule has 0 aliphatic rings. The monoisotopic (exact) mass is 403 g/mol. The Bertz CT molecular complexity index is 578. The summed E-state index contributed by atoms with van der Waals surface area (Å²) in [6.07, 6.45) is 4.30. The molecule has 0 aliphatic carbocycles. The molecule has 0 saturated heterocycles. The quantitative estimate of drug-likeness (QED) is 0.597. The number of hydrogen-bond acceptors (Lipinski definition) is 3. The predicted octanol–water partition coefficient (Wildman–Crippen LogP) is 4.01. The number of hydrazine groups is 1. The first kappa shape index (κ1) is 14.9. The maximum absolute atomic E-state index is 6.04. The van der Waals surface area contributed by atoms with Crippen LogP contribution in [0.1, 0.15) is 17.2 Å². The Kier molecular flexibility index (Phi) is 5.36. The maximum Gasteiger partial charge on any atom is 0.0512 e. The lowest BCUT2D eigenvalue weighted by molar-refractivity contribution is 0.549. The molecule has 0 spiro atoms. The van der Waals surface area contributed by atoms with Crippen molar-refractivity contribution in [2.24, 2.45) is 5.84 Å². The Morgan fingerprint density at radius 3 is 2.74 bits per heavy atom. The zero-order valence-electron chi connectivity index (χ0n) is 9.91. The zero-order valence-corrected chi connectivity index (χ0v) is 13.8. The van der Waals surface area contributed by atoms with Crippen molar-refractivity contribution in [1.82, 2.24) is 10.4 Å². The van der Waals surface area contributed by atoms with Crippen molar-refractivity contribution in [3.8, 4) is 0 Å². The summed E-state index contributed by atoms with van der Waals surface area (Å²) in [5.74, 6) is 5.66. The molecule has 2 aromatic rings. The number of rotatable bonds is 4. The van der Waals surface area contributed by atoms with E-state index in [1.165, 1.54) is 0 Å². The largest absolute Gasteiger partial charge is 0.271 e. The normalized spacial score (nSPS) is 12.4. The minimum absolute atomic E-state index is 0.0378. The highest BCUT2D eigenvalue weighted by Crippen LogP contribution is 2.28. The molecule has 0 saturated carbocycles. The molecule has 6 heteroatoms. The van der Waals surface area contributed by atoms with Crippen LogP contribution in [0.5, 0.6) is 0 Å². The van der Waals surface area contributed by atoms with Crippen LogP contribution in [-0.2, 0) is 6.42 Å². The van der Waals surface area contributed by atoms with E-state index in [0.717, 1.165) is 26.5 Å². The molecule has 0 fully saturated rings. The molecule has 3 nitrogen and oxygen atoms in total. The molecule has 19 heavy (non-hydrogen) atoms. The zero-order chi connectivity index (χ0) is 13.8. The van der Waals surface area contributed by atoms with E-state index in [2.05, 4.69) is 42.3 Å². The summed E-state index contributed by atoms with van der Waals surface area (Å²) in [6.45, 7) is 0. The lowest BCUT2D eigenvalue weighted by Gasteiger charge is -2.18. The van der Waals surface area contributed by atoms with Crippen LogP contribution in [0.3, 0.4) is 0 Å². The number of nitrogens with one attached hydrogen (secondary N) is 1. The van der Waals surface area contributed by atoms with Gasteiger partial charge in [0.2, 0.25) is 0 Å². The van der Waals surface area contributed by atoms with Crippen molar-refractivity contribution in [3.05, 3.63) is 61.8 Å². The molecule has 1 unspecified atom stereocenters. The smallest absolute Gasteiger partial charge is 0.0512 e. The maximum atomic E-state index is 6.04. The standard InChI is InChI=1S/C13H12Br2ClN3/c14-9-3-8(6-18-7-9)4-13(19-17)11-5-10(16)1-2-12(11)15/h1-3,5-7,13,19H,4,17H2. The number of aromatic nitrogens is 1. The molecule has 3 N–H and O–H groups in total. The molecule has 2 rings (SSSR count). The van der Waals surface area contributed by atoms with Crippen LogP contribution in [0.4, 0.5) is 0 Å². The molecule has 100 valence electrons. The summed E-state index contributed by atoms with van der Waals surface area (Å²) < 4.78 is 1.92. The number of nitrogens with zero attached hydrogens (tertiary/aromatic N) is 1. The van der Waals surface area contributed by atoms with Crippen LogP contribution in [0.15, 0.2) is 45.6 Å². The van der Waals surface area contributed by atoms with E-state index in [9.17, 15) is 0 Å². The van der Waals surface area contributed by atoms with Crippen molar-refractivity contribution < 1.29 is 0 Å². The third-order valence-corrected chi connectivity index (χ3v) is 4.13. The number of nitrogens with two attached hydrogens (primary N) is 1. The van der Waals surface area contributed by atoms with Crippen molar-refractivity contribution in [1.29, 1.82) is 0 Å². The number of halogens is 3. The van der Waals surface area contributed by atoms with Gasteiger partial charge in [-0.25, -0.2) is 0 Å². The number of benzene rings is 1. The van der Waals surface area contributed by atoms with Crippen LogP contribution >= 0.6 is 43.5 Å². The summed E-state index contributed by atoms with van der Waals surface area (Å²) >= 11 is 13.0. The second kappa shape index (κ2) is 6.81. The summed E-state index contributed by atoms with van der Waals surface area (Å²) in [6, 6.07) is 7.64. The Hall–Kier alpha value is -0.460. The molecule has 1 heterocycles. The summed E-state index contributed by atoms with van der Waals surface area (Å²) in [5, 5.41) is 0.686. The Morgan fingerprint density at radius 1 is 1.26 bits per heavy atom. The van der Waals surface area contributed by atoms with Crippen molar-refractivity contribution >= 4 is 43.5 Å². The fourth-order valence-corrected chi connectivity index (χ4v) is 2.96. The third kappa shape index (κ3) is 4.00. The molecule has 0 aliphatic heterocycles. The molecule has 1 aromatic heterocycles. The molecule has 1 atom stereocenters. The topological polar surface area (TPSA) is 50.9 Å². The van der Waals surface area contributed by atoms with Crippen molar-refractivity contribution in [2.45, 2.75) is 12.5 Å². The third-order valence-electron chi connectivity index (χ3n) is 2.74. The van der Waals surface area contributed by atoms with E-state index >= 15 is 0 Å². The molecule has 1 aromatic carbocycles. The Labute approximate surface area is 133 Å². The first-order valence-corrected chi connectivity index (χ1v) is 7.57. The van der Waals surface area contributed by atoms with Gasteiger partial charge in [-0.2, -0.15) is 0 Å². The summed E-state index contributed by atoms with van der Waals surface area (Å²) in [5.41, 5.74) is 4.93. The minimum Gasteiger partial charge on any atom is -0.271 e. The van der Waals surface area contributed by atoms with Gasteiger partial charge in [-0.3, -0.25) is 16.3 Å². The molecular formula is C13H12Br2ClN3. The van der Waals surface area contributed by atoms with Crippen LogP contribution in [0, 0.1) is 0 Å². The number of pyridine rings is 1. The van der Waals surface area contributed by atoms with Crippen LogP contribution in [-0.4, -0.2) is 4.98 Å². The number of hydrogen-bond donors (Lipinski definition) is 2. The second-order valence-corrected chi connectivity index (χ2v) is 6.31. The first-order valence-electron chi connectivity index (χ1n) is 5.60. The SMILES string of the molecule is NNC(Cc1cncc(Br)c1)c1cc(Cl)ccc1Br. The lowest BCUT2D eigenvalue weighted by Crippen LogP contribution is -2.29. The van der Waals surface area contributed by atoms with E-state index in [4.69, 9.17) is 17.4 Å². The van der Waals surface area contributed by atoms with E-state index in [-0.39, 0.29) is 6.04 Å². The van der Waals surface area contributed by atoms with Crippen LogP contribution < -0.4 is 11.3 Å². The van der Waals surface area contributed by atoms with Crippen LogP contribution in [0.25, 0.3) is 0 Å². The van der Waals surface area contributed by atoms with Gasteiger partial charge in [0.25, 0.3) is 0 Å². The Morgan fingerprint density at radius 2 is 2.05 bits per heavy atom. The highest BCUT2D eigenvalue weighted by atomic mass is 79.9. The fraction of sp³-hybridized carbons (Fsp3) is 0.154. The molecule has 0 radical (unpaired) electrons. The Balaban J connectivity index is 2.27. The van der Waals surface area contributed by atoms with Gasteiger partial charge in [0.1, 0.15) is 0 Å². The molecular weight excluding hydrogens is 393 g/mol. The van der Waals surface area contributed by atoms with Gasteiger partial charge in [0.05, 0.1) is 6.04 Å². The highest BCUT2D eigenvalue weighted by Gasteiger charge is 2.14. The second-order valence-electron chi connectivity index (χ2n) is 4.10. The van der Waals surface area contributed by atoms with Gasteiger partial charge < -0.3 is 0 Å². The van der Waals surface area contributed by atoms with E-state index < -0.39 is 0 Å². The van der Waals surface area contributed by atoms with Crippen LogP contribution in [0.2, 0.25) is 5.02 Å². The highest BCUT2D eigenvalue weighted by molar-refractivity contribution is 9.10. The van der Waals surface area contributed by atoms with Gasteiger partial charge in [-0.15, -0.1) is 0 Å². The first-order chi connectivity index (χ1) is 9.10. The van der Waals surface area contributed by atoms with Gasteiger partial charge >= 0.3 is 0 Å². The van der Waals surface area contributed by atoms with E-state index in [0.29, 0.717) is 5.02 Å². The van der Waals surface area contributed by atoms with Gasteiger partial charge in [-0.1, -0.05) is 27.5 Å². The van der Waals surface area contributed by atoms with E-state index in [1.54, 1.807) is 6.20 Å². The summed E-state index contributed by atoms with van der Waals surface area (Å²) in [7, 11) is 0. The average molecular weight is 406 g/mol. The average Bonchev–Trinajstić information content (AvgIpc) is 2.39. The van der Waals surface area contributed by atoms with Crippen molar-refractivity contribution in [2.75, 3.05) is 0 Å². The predicted molar refractivity (Wildman–Crippen MR) is 84.9 cm³/mol. The summed E-state index contributed by atoms with van der Waals surface area (Å²) in [4.78, 5) is 4.15. The fourth-order valence-electron chi connectivity index (χ4n) is 1.84. The molecule has 0 bridgehead atoms. The van der Waals surface area contributed by atoms with Gasteiger partial charge in [0.15, 0.2) is 0 Å².